The van der Waals surface area contributed by atoms with Gasteiger partial charge in [0.05, 0.1) is 31.5 Å². The van der Waals surface area contributed by atoms with E-state index in [1.165, 1.54) is 0 Å². The maximum Gasteiger partial charge on any atom is 0.304 e. The minimum absolute atomic E-state index is 0.0358. The Balaban J connectivity index is 1.90. The number of carbonyl (C=O) groups is 2. The fourth-order valence-corrected chi connectivity index (χ4v) is 2.27. The van der Waals surface area contributed by atoms with E-state index >= 15 is 0 Å². The van der Waals surface area contributed by atoms with Gasteiger partial charge in [0, 0.05) is 19.6 Å². The van der Waals surface area contributed by atoms with Crippen molar-refractivity contribution in [2.24, 2.45) is 11.8 Å². The molecule has 0 aromatic carbocycles. The molecule has 15 heavy (non-hydrogen) atoms. The Morgan fingerprint density at radius 2 is 2.00 bits per heavy atom. The van der Waals surface area contributed by atoms with Crippen molar-refractivity contribution in [3.8, 4) is 0 Å². The first-order valence-corrected chi connectivity index (χ1v) is 5.22. The normalized spacial score (nSPS) is 31.6. The molecule has 2 heterocycles. The van der Waals surface area contributed by atoms with E-state index in [2.05, 4.69) is 4.90 Å². The summed E-state index contributed by atoms with van der Waals surface area (Å²) < 4.78 is 5.32. The molecule has 0 aliphatic carbocycles. The highest BCUT2D eigenvalue weighted by atomic mass is 16.5. The number of likely N-dealkylation sites (tertiary alicyclic amines) is 1. The molecule has 0 aromatic rings. The molecule has 2 rings (SSSR count). The molecule has 2 fully saturated rings. The fraction of sp³-hybridized carbons (Fsp3) is 0.800. The second-order valence-corrected chi connectivity index (χ2v) is 4.24. The predicted molar refractivity (Wildman–Crippen MR) is 51.5 cm³/mol. The van der Waals surface area contributed by atoms with E-state index in [0.29, 0.717) is 38.6 Å². The zero-order valence-electron chi connectivity index (χ0n) is 8.52. The van der Waals surface area contributed by atoms with Crippen LogP contribution in [-0.2, 0) is 14.3 Å². The van der Waals surface area contributed by atoms with Gasteiger partial charge in [-0.15, -0.1) is 0 Å². The van der Waals surface area contributed by atoms with Crippen LogP contribution in [0.15, 0.2) is 0 Å². The number of hydrogen-bond acceptors (Lipinski definition) is 4. The van der Waals surface area contributed by atoms with Gasteiger partial charge in [0.15, 0.2) is 0 Å². The number of aliphatic carboxylic acids is 1. The zero-order chi connectivity index (χ0) is 10.8. The molecular formula is C10H15NO4. The van der Waals surface area contributed by atoms with E-state index in [1.54, 1.807) is 0 Å². The van der Waals surface area contributed by atoms with Gasteiger partial charge in [-0.25, -0.2) is 0 Å². The van der Waals surface area contributed by atoms with Crippen molar-refractivity contribution >= 4 is 11.8 Å². The van der Waals surface area contributed by atoms with Crippen molar-refractivity contribution in [3.05, 3.63) is 0 Å². The third-order valence-electron chi connectivity index (χ3n) is 3.04. The van der Waals surface area contributed by atoms with Gasteiger partial charge >= 0.3 is 5.97 Å². The highest BCUT2D eigenvalue weighted by Gasteiger charge is 2.38. The number of fused-ring (bicyclic) bond motifs is 2. The number of hydrogen-bond donors (Lipinski definition) is 1. The van der Waals surface area contributed by atoms with Crippen molar-refractivity contribution in [2.45, 2.75) is 6.42 Å². The molecule has 0 radical (unpaired) electrons. The van der Waals surface area contributed by atoms with E-state index in [9.17, 15) is 9.59 Å². The maximum atomic E-state index is 11.7. The molecule has 0 saturated carbocycles. The van der Waals surface area contributed by atoms with E-state index < -0.39 is 5.97 Å². The molecule has 5 heteroatoms. The monoisotopic (exact) mass is 213 g/mol. The molecule has 0 aromatic heterocycles. The molecule has 5 nitrogen and oxygen atoms in total. The lowest BCUT2D eigenvalue weighted by molar-refractivity contribution is -0.145. The smallest absolute Gasteiger partial charge is 0.304 e. The molecule has 84 valence electrons. The highest BCUT2D eigenvalue weighted by molar-refractivity contribution is 5.85. The van der Waals surface area contributed by atoms with E-state index in [-0.39, 0.29) is 18.3 Å². The third kappa shape index (κ3) is 2.35. The van der Waals surface area contributed by atoms with Crippen LogP contribution in [0.3, 0.4) is 0 Å². The van der Waals surface area contributed by atoms with Crippen molar-refractivity contribution in [1.82, 2.24) is 4.90 Å². The molecular weight excluding hydrogens is 198 g/mol. The molecule has 2 bridgehead atoms. The second-order valence-electron chi connectivity index (χ2n) is 4.24. The molecule has 2 saturated heterocycles. The van der Waals surface area contributed by atoms with Crippen molar-refractivity contribution < 1.29 is 19.4 Å². The topological polar surface area (TPSA) is 66.8 Å². The van der Waals surface area contributed by atoms with Crippen molar-refractivity contribution in [1.29, 1.82) is 0 Å². The molecule has 0 amide bonds. The number of ether oxygens (including phenoxy) is 1. The summed E-state index contributed by atoms with van der Waals surface area (Å²) in [5, 5.41) is 8.58. The van der Waals surface area contributed by atoms with Crippen LogP contribution in [0.5, 0.6) is 0 Å². The lowest BCUT2D eigenvalue weighted by Gasteiger charge is -2.39. The Kier molecular flexibility index (Phi) is 3.02. The number of piperidine rings is 1. The lowest BCUT2D eigenvalue weighted by Crippen LogP contribution is -2.53. The van der Waals surface area contributed by atoms with Gasteiger partial charge in [0.2, 0.25) is 0 Å². The molecule has 0 spiro atoms. The molecule has 2 unspecified atom stereocenters. The third-order valence-corrected chi connectivity index (χ3v) is 3.04. The van der Waals surface area contributed by atoms with Gasteiger partial charge in [0.25, 0.3) is 0 Å². The van der Waals surface area contributed by atoms with E-state index in [1.807, 2.05) is 0 Å². The Morgan fingerprint density at radius 1 is 1.40 bits per heavy atom. The summed E-state index contributed by atoms with van der Waals surface area (Å²) in [5.41, 5.74) is 0. The number of Topliss-reactive ketones (excluding diaryl/α,β-unsaturated/α-hetero) is 1. The fourth-order valence-electron chi connectivity index (χ4n) is 2.27. The van der Waals surface area contributed by atoms with Crippen LogP contribution in [0.1, 0.15) is 6.42 Å². The zero-order valence-corrected chi connectivity index (χ0v) is 8.52. The quantitative estimate of drug-likeness (QED) is 0.691. The average Bonchev–Trinajstić information content (AvgIpc) is 2.15. The molecule has 1 N–H and O–H groups in total. The number of nitrogens with zero attached hydrogens (tertiary/aromatic N) is 1. The summed E-state index contributed by atoms with van der Waals surface area (Å²) in [5.74, 6) is -0.557. The molecule has 2 aliphatic heterocycles. The second kappa shape index (κ2) is 4.28. The Hall–Kier alpha value is -0.940. The van der Waals surface area contributed by atoms with E-state index in [0.717, 1.165) is 0 Å². The van der Waals surface area contributed by atoms with Crippen LogP contribution in [0.25, 0.3) is 0 Å². The first-order chi connectivity index (χ1) is 7.16. The summed E-state index contributed by atoms with van der Waals surface area (Å²) in [4.78, 5) is 24.2. The van der Waals surface area contributed by atoms with Crippen LogP contribution in [0, 0.1) is 11.8 Å². The van der Waals surface area contributed by atoms with Crippen molar-refractivity contribution in [2.75, 3.05) is 32.8 Å². The van der Waals surface area contributed by atoms with Crippen molar-refractivity contribution in [3.63, 3.8) is 0 Å². The number of rotatable bonds is 3. The Morgan fingerprint density at radius 3 is 2.53 bits per heavy atom. The standard InChI is InChI=1S/C10H15NO4/c12-9(13)1-2-11-3-7-5-15-6-8(4-11)10(7)14/h7-8H,1-6H2,(H,12,13). The minimum atomic E-state index is -0.784. The maximum absolute atomic E-state index is 11.7. The summed E-state index contributed by atoms with van der Waals surface area (Å²) in [6.07, 6.45) is 0.147. The summed E-state index contributed by atoms with van der Waals surface area (Å²) in [6, 6.07) is 0. The average molecular weight is 213 g/mol. The largest absolute Gasteiger partial charge is 0.481 e. The Bertz CT molecular complexity index is 263. The van der Waals surface area contributed by atoms with Gasteiger partial charge in [-0.3, -0.25) is 9.59 Å². The lowest BCUT2D eigenvalue weighted by atomic mass is 9.86. The number of carboxylic acid groups (broad SMARTS) is 1. The van der Waals surface area contributed by atoms with Crippen LogP contribution >= 0.6 is 0 Å². The number of ketones is 1. The van der Waals surface area contributed by atoms with Gasteiger partial charge in [-0.05, 0) is 0 Å². The van der Waals surface area contributed by atoms with Gasteiger partial charge in [0.1, 0.15) is 5.78 Å². The molecule has 2 aliphatic rings. The predicted octanol–water partition coefficient (Wildman–Crippen LogP) is -0.392. The Labute approximate surface area is 88.0 Å². The summed E-state index contributed by atoms with van der Waals surface area (Å²) in [7, 11) is 0. The van der Waals surface area contributed by atoms with Gasteiger partial charge in [-0.1, -0.05) is 0 Å². The first-order valence-electron chi connectivity index (χ1n) is 5.22. The van der Waals surface area contributed by atoms with Gasteiger partial charge in [-0.2, -0.15) is 0 Å². The first kappa shape index (κ1) is 10.6. The van der Waals surface area contributed by atoms with Crippen LogP contribution in [-0.4, -0.2) is 54.6 Å². The van der Waals surface area contributed by atoms with E-state index in [4.69, 9.17) is 9.84 Å². The van der Waals surface area contributed by atoms with Gasteiger partial charge < -0.3 is 14.7 Å². The van der Waals surface area contributed by atoms with Crippen LogP contribution in [0.4, 0.5) is 0 Å². The number of carboxylic acids is 1. The minimum Gasteiger partial charge on any atom is -0.481 e. The number of carbonyl (C=O) groups excluding carboxylic acids is 1. The SMILES string of the molecule is O=C(O)CCN1CC2COCC(C1)C2=O. The van der Waals surface area contributed by atoms with Crippen LogP contribution in [0.2, 0.25) is 0 Å². The highest BCUT2D eigenvalue weighted by Crippen LogP contribution is 2.23. The molecule has 2 atom stereocenters. The summed E-state index contributed by atoms with van der Waals surface area (Å²) in [6.45, 7) is 2.85. The van der Waals surface area contributed by atoms with Crippen LogP contribution < -0.4 is 0 Å². The summed E-state index contributed by atoms with van der Waals surface area (Å²) >= 11 is 0.